The second-order valence-electron chi connectivity index (χ2n) is 4.67. The summed E-state index contributed by atoms with van der Waals surface area (Å²) >= 11 is 1.52. The van der Waals surface area contributed by atoms with Gasteiger partial charge in [-0.15, -0.1) is 0 Å². The van der Waals surface area contributed by atoms with Crippen LogP contribution in [0.15, 0.2) is 59.5 Å². The molecule has 0 bridgehead atoms. The molecule has 0 fully saturated rings. The van der Waals surface area contributed by atoms with E-state index in [2.05, 4.69) is 6.07 Å². The summed E-state index contributed by atoms with van der Waals surface area (Å²) in [5.41, 5.74) is 2.50. The van der Waals surface area contributed by atoms with Gasteiger partial charge >= 0.3 is 0 Å². The number of rotatable bonds is 2. The van der Waals surface area contributed by atoms with Gasteiger partial charge in [0.25, 0.3) is 0 Å². The second kappa shape index (κ2) is 5.10. The van der Waals surface area contributed by atoms with Gasteiger partial charge < -0.3 is 0 Å². The molecule has 0 saturated carbocycles. The predicted molar refractivity (Wildman–Crippen MR) is 80.8 cm³/mol. The van der Waals surface area contributed by atoms with Gasteiger partial charge in [-0.2, -0.15) is 0 Å². The number of hydrogen-bond donors (Lipinski definition) is 0. The van der Waals surface area contributed by atoms with Crippen LogP contribution in [0.2, 0.25) is 0 Å². The lowest BCUT2D eigenvalue weighted by molar-refractivity contribution is -0.110. The molecule has 0 amide bonds. The average Bonchev–Trinajstić information content (AvgIpc) is 2.45. The van der Waals surface area contributed by atoms with E-state index in [-0.39, 0.29) is 0 Å². The minimum absolute atomic E-state index is 0.422. The molecule has 2 aromatic rings. The number of fused-ring (bicyclic) bond motifs is 1. The molecule has 20 heavy (non-hydrogen) atoms. The fourth-order valence-electron chi connectivity index (χ4n) is 2.18. The Kier molecular flexibility index (Phi) is 3.28. The Labute approximate surface area is 121 Å². The Bertz CT molecular complexity index is 744. The summed E-state index contributed by atoms with van der Waals surface area (Å²) < 4.78 is 0. The Morgan fingerprint density at radius 1 is 0.900 bits per heavy atom. The largest absolute Gasteiger partial charge is 0.286 e. The van der Waals surface area contributed by atoms with Gasteiger partial charge in [-0.3, -0.25) is 9.59 Å². The molecule has 1 aliphatic carbocycles. The van der Waals surface area contributed by atoms with Crippen LogP contribution in [0.5, 0.6) is 0 Å². The SMILES string of the molecule is Cc1cccc(SC2=CC(=O)C(=O)c3ccccc32)c1. The van der Waals surface area contributed by atoms with Crippen molar-refractivity contribution in [3.05, 3.63) is 71.3 Å². The number of allylic oxidation sites excluding steroid dienone is 1. The number of ketones is 2. The van der Waals surface area contributed by atoms with E-state index in [0.717, 1.165) is 15.4 Å². The maximum Gasteiger partial charge on any atom is 0.233 e. The smallest absolute Gasteiger partial charge is 0.233 e. The average molecular weight is 280 g/mol. The van der Waals surface area contributed by atoms with E-state index in [0.29, 0.717) is 5.56 Å². The van der Waals surface area contributed by atoms with E-state index in [1.807, 2.05) is 37.3 Å². The van der Waals surface area contributed by atoms with Crippen molar-refractivity contribution in [2.45, 2.75) is 11.8 Å². The fraction of sp³-hybridized carbons (Fsp3) is 0.0588. The third kappa shape index (κ3) is 2.32. The molecule has 98 valence electrons. The van der Waals surface area contributed by atoms with E-state index < -0.39 is 11.6 Å². The highest BCUT2D eigenvalue weighted by atomic mass is 32.2. The molecule has 0 aliphatic heterocycles. The zero-order valence-electron chi connectivity index (χ0n) is 10.9. The van der Waals surface area contributed by atoms with Crippen molar-refractivity contribution in [3.63, 3.8) is 0 Å². The molecule has 3 heteroatoms. The summed E-state index contributed by atoms with van der Waals surface area (Å²) in [7, 11) is 0. The molecule has 0 spiro atoms. The summed E-state index contributed by atoms with van der Waals surface area (Å²) in [6.07, 6.45) is 1.44. The van der Waals surface area contributed by atoms with E-state index in [4.69, 9.17) is 0 Å². The van der Waals surface area contributed by atoms with E-state index in [1.54, 1.807) is 12.1 Å². The van der Waals surface area contributed by atoms with Gasteiger partial charge in [-0.25, -0.2) is 0 Å². The molecular weight excluding hydrogens is 268 g/mol. The fourth-order valence-corrected chi connectivity index (χ4v) is 3.28. The molecular formula is C17H12O2S. The van der Waals surface area contributed by atoms with Crippen molar-refractivity contribution < 1.29 is 9.59 Å². The van der Waals surface area contributed by atoms with E-state index in [9.17, 15) is 9.59 Å². The van der Waals surface area contributed by atoms with Crippen LogP contribution in [0, 0.1) is 6.92 Å². The summed E-state index contributed by atoms with van der Waals surface area (Å²) in [5.74, 6) is -0.868. The predicted octanol–water partition coefficient (Wildman–Crippen LogP) is 3.89. The standard InChI is InChI=1S/C17H12O2S/c1-11-5-4-6-12(9-11)20-16-10-15(18)17(19)14-8-3-2-7-13(14)16/h2-10H,1H3. The van der Waals surface area contributed by atoms with Gasteiger partial charge in [0, 0.05) is 21.4 Å². The highest BCUT2D eigenvalue weighted by Gasteiger charge is 2.25. The van der Waals surface area contributed by atoms with Crippen LogP contribution in [0.3, 0.4) is 0 Å². The molecule has 0 atom stereocenters. The van der Waals surface area contributed by atoms with E-state index >= 15 is 0 Å². The molecule has 2 nitrogen and oxygen atoms in total. The molecule has 2 aromatic carbocycles. The third-order valence-electron chi connectivity index (χ3n) is 3.14. The minimum Gasteiger partial charge on any atom is -0.286 e. The van der Waals surface area contributed by atoms with Crippen molar-refractivity contribution in [3.8, 4) is 0 Å². The van der Waals surface area contributed by atoms with Crippen molar-refractivity contribution in [2.75, 3.05) is 0 Å². The van der Waals surface area contributed by atoms with Crippen LogP contribution < -0.4 is 0 Å². The highest BCUT2D eigenvalue weighted by Crippen LogP contribution is 2.38. The summed E-state index contributed by atoms with van der Waals surface area (Å²) in [6.45, 7) is 2.03. The minimum atomic E-state index is -0.446. The molecule has 0 unspecified atom stereocenters. The van der Waals surface area contributed by atoms with Crippen molar-refractivity contribution in [2.24, 2.45) is 0 Å². The third-order valence-corrected chi connectivity index (χ3v) is 4.19. The Morgan fingerprint density at radius 2 is 1.65 bits per heavy atom. The molecule has 3 rings (SSSR count). The molecule has 0 heterocycles. The second-order valence-corrected chi connectivity index (χ2v) is 5.78. The van der Waals surface area contributed by atoms with Gasteiger partial charge in [0.2, 0.25) is 11.6 Å². The van der Waals surface area contributed by atoms with Gasteiger partial charge in [-0.1, -0.05) is 53.7 Å². The van der Waals surface area contributed by atoms with Crippen LogP contribution in [-0.4, -0.2) is 11.6 Å². The normalized spacial score (nSPS) is 13.9. The maximum atomic E-state index is 11.9. The maximum absolute atomic E-state index is 11.9. The first kappa shape index (κ1) is 12.9. The van der Waals surface area contributed by atoms with E-state index in [1.165, 1.54) is 23.4 Å². The van der Waals surface area contributed by atoms with Crippen molar-refractivity contribution in [1.82, 2.24) is 0 Å². The number of benzene rings is 2. The Hall–Kier alpha value is -2.13. The number of thioether (sulfide) groups is 1. The molecule has 0 aromatic heterocycles. The zero-order valence-corrected chi connectivity index (χ0v) is 11.7. The van der Waals surface area contributed by atoms with Crippen molar-refractivity contribution in [1.29, 1.82) is 0 Å². The summed E-state index contributed by atoms with van der Waals surface area (Å²) in [4.78, 5) is 25.5. The number of hydrogen-bond acceptors (Lipinski definition) is 3. The topological polar surface area (TPSA) is 34.1 Å². The molecule has 1 aliphatic rings. The Morgan fingerprint density at radius 3 is 2.40 bits per heavy atom. The van der Waals surface area contributed by atoms with Gasteiger partial charge in [0.15, 0.2) is 0 Å². The van der Waals surface area contributed by atoms with Crippen LogP contribution in [0.4, 0.5) is 0 Å². The van der Waals surface area contributed by atoms with Crippen LogP contribution >= 0.6 is 11.8 Å². The molecule has 0 saturated heterocycles. The monoisotopic (exact) mass is 280 g/mol. The lowest BCUT2D eigenvalue weighted by Gasteiger charge is -2.15. The van der Waals surface area contributed by atoms with Crippen molar-refractivity contribution >= 4 is 28.2 Å². The Balaban J connectivity index is 2.03. The first-order valence-electron chi connectivity index (χ1n) is 6.29. The number of carbonyl (C=O) groups is 2. The molecule has 0 N–H and O–H groups in total. The zero-order chi connectivity index (χ0) is 14.1. The number of Topliss-reactive ketones (excluding diaryl/α,β-unsaturated/α-hetero) is 1. The lowest BCUT2D eigenvalue weighted by Crippen LogP contribution is -2.17. The first-order valence-corrected chi connectivity index (χ1v) is 7.11. The van der Waals surface area contributed by atoms with Crippen LogP contribution in [0.25, 0.3) is 4.91 Å². The van der Waals surface area contributed by atoms with Gasteiger partial charge in [0.05, 0.1) is 0 Å². The summed E-state index contributed by atoms with van der Waals surface area (Å²) in [5, 5.41) is 0. The quantitative estimate of drug-likeness (QED) is 0.783. The lowest BCUT2D eigenvalue weighted by atomic mass is 9.95. The van der Waals surface area contributed by atoms with Crippen LogP contribution in [-0.2, 0) is 4.79 Å². The molecule has 0 radical (unpaired) electrons. The highest BCUT2D eigenvalue weighted by molar-refractivity contribution is 8.08. The summed E-state index contributed by atoms with van der Waals surface area (Å²) in [6, 6.07) is 15.3. The van der Waals surface area contributed by atoms with Crippen LogP contribution in [0.1, 0.15) is 21.5 Å². The first-order chi connectivity index (χ1) is 9.65. The number of carbonyl (C=O) groups excluding carboxylic acids is 2. The van der Waals surface area contributed by atoms with Gasteiger partial charge in [0.1, 0.15) is 0 Å². The van der Waals surface area contributed by atoms with Gasteiger partial charge in [-0.05, 0) is 24.6 Å². The number of aryl methyl sites for hydroxylation is 1.